The molecule has 0 aromatic rings. The van der Waals surface area contributed by atoms with Gasteiger partial charge in [-0.05, 0) is 34.6 Å². The van der Waals surface area contributed by atoms with E-state index in [1.165, 1.54) is 0 Å². The average Bonchev–Trinajstić information content (AvgIpc) is 1.83. The van der Waals surface area contributed by atoms with Crippen molar-refractivity contribution in [3.8, 4) is 6.07 Å². The summed E-state index contributed by atoms with van der Waals surface area (Å²) in [6.45, 7) is 10.9. The van der Waals surface area contributed by atoms with Crippen molar-refractivity contribution in [1.29, 1.82) is 5.26 Å². The van der Waals surface area contributed by atoms with Crippen LogP contribution in [0.15, 0.2) is 0 Å². The average molecular weight is 154 g/mol. The predicted molar refractivity (Wildman–Crippen MR) is 47.1 cm³/mol. The fourth-order valence-corrected chi connectivity index (χ4v) is 0.526. The van der Waals surface area contributed by atoms with Crippen LogP contribution in [0.3, 0.4) is 0 Å². The van der Waals surface area contributed by atoms with Crippen LogP contribution in [-0.2, 0) is 0 Å². The van der Waals surface area contributed by atoms with Crippen LogP contribution >= 0.6 is 0 Å². The first kappa shape index (κ1) is 10.4. The highest BCUT2D eigenvalue weighted by atomic mass is 14.9. The van der Waals surface area contributed by atoms with E-state index in [-0.39, 0.29) is 11.0 Å². The van der Waals surface area contributed by atoms with E-state index in [0.717, 1.165) is 6.54 Å². The summed E-state index contributed by atoms with van der Waals surface area (Å²) in [7, 11) is 0. The predicted octanol–water partition coefficient (Wildman–Crippen LogP) is 1.92. The Morgan fingerprint density at radius 3 is 1.91 bits per heavy atom. The maximum absolute atomic E-state index is 8.70. The summed E-state index contributed by atoms with van der Waals surface area (Å²) in [5.74, 6) is 0. The monoisotopic (exact) mass is 154 g/mol. The Hall–Kier alpha value is -0.550. The second-order valence-electron chi connectivity index (χ2n) is 4.60. The quantitative estimate of drug-likeness (QED) is 0.659. The van der Waals surface area contributed by atoms with Gasteiger partial charge in [-0.25, -0.2) is 0 Å². The van der Waals surface area contributed by atoms with Gasteiger partial charge in [-0.3, -0.25) is 0 Å². The lowest BCUT2D eigenvalue weighted by Gasteiger charge is -2.25. The molecule has 0 saturated carbocycles. The van der Waals surface area contributed by atoms with Crippen molar-refractivity contribution in [3.05, 3.63) is 0 Å². The van der Waals surface area contributed by atoms with Crippen LogP contribution in [0.5, 0.6) is 0 Å². The zero-order chi connectivity index (χ0) is 9.12. The van der Waals surface area contributed by atoms with E-state index in [9.17, 15) is 0 Å². The van der Waals surface area contributed by atoms with E-state index >= 15 is 0 Å². The van der Waals surface area contributed by atoms with E-state index in [1.54, 1.807) is 0 Å². The highest BCUT2D eigenvalue weighted by molar-refractivity contribution is 4.94. The lowest BCUT2D eigenvalue weighted by molar-refractivity contribution is 0.350. The molecular formula is C9H18N2. The molecule has 0 aromatic heterocycles. The molecule has 0 amide bonds. The fourth-order valence-electron chi connectivity index (χ4n) is 0.526. The van der Waals surface area contributed by atoms with Crippen LogP contribution < -0.4 is 5.32 Å². The fraction of sp³-hybridized carbons (Fsp3) is 0.889. The molecule has 0 fully saturated rings. The summed E-state index contributed by atoms with van der Waals surface area (Å²) < 4.78 is 0. The molecule has 0 heterocycles. The van der Waals surface area contributed by atoms with E-state index in [0.29, 0.717) is 0 Å². The molecule has 0 bridgehead atoms. The topological polar surface area (TPSA) is 35.8 Å². The Morgan fingerprint density at radius 2 is 1.64 bits per heavy atom. The first-order chi connectivity index (χ1) is 4.77. The van der Waals surface area contributed by atoms with Crippen LogP contribution in [0.4, 0.5) is 0 Å². The van der Waals surface area contributed by atoms with Crippen molar-refractivity contribution in [3.63, 3.8) is 0 Å². The van der Waals surface area contributed by atoms with Gasteiger partial charge in [0.15, 0.2) is 0 Å². The van der Waals surface area contributed by atoms with E-state index in [4.69, 9.17) is 5.26 Å². The molecule has 0 rings (SSSR count). The van der Waals surface area contributed by atoms with Gasteiger partial charge in [-0.1, -0.05) is 0 Å². The number of nitriles is 1. The van der Waals surface area contributed by atoms with E-state index in [1.807, 2.05) is 13.8 Å². The number of hydrogen-bond donors (Lipinski definition) is 1. The Balaban J connectivity index is 3.83. The van der Waals surface area contributed by atoms with Crippen LogP contribution in [0.1, 0.15) is 34.6 Å². The van der Waals surface area contributed by atoms with Gasteiger partial charge >= 0.3 is 0 Å². The molecule has 2 nitrogen and oxygen atoms in total. The summed E-state index contributed by atoms with van der Waals surface area (Å²) in [4.78, 5) is 0. The minimum absolute atomic E-state index is 0.105. The molecule has 0 unspecified atom stereocenters. The van der Waals surface area contributed by atoms with Crippen LogP contribution in [0.25, 0.3) is 0 Å². The van der Waals surface area contributed by atoms with Crippen molar-refractivity contribution in [2.75, 3.05) is 6.54 Å². The SMILES string of the molecule is CC(C)(C#N)CNC(C)(C)C. The van der Waals surface area contributed by atoms with E-state index in [2.05, 4.69) is 32.2 Å². The van der Waals surface area contributed by atoms with Crippen molar-refractivity contribution in [1.82, 2.24) is 5.32 Å². The van der Waals surface area contributed by atoms with E-state index < -0.39 is 0 Å². The molecule has 11 heavy (non-hydrogen) atoms. The van der Waals surface area contributed by atoms with Gasteiger partial charge in [0.1, 0.15) is 0 Å². The third-order valence-electron chi connectivity index (χ3n) is 1.36. The second kappa shape index (κ2) is 3.23. The van der Waals surface area contributed by atoms with Crippen molar-refractivity contribution in [2.45, 2.75) is 40.2 Å². The third kappa shape index (κ3) is 5.87. The van der Waals surface area contributed by atoms with Gasteiger partial charge in [0.05, 0.1) is 11.5 Å². The molecule has 0 radical (unpaired) electrons. The van der Waals surface area contributed by atoms with Gasteiger partial charge in [-0.2, -0.15) is 5.26 Å². The largest absolute Gasteiger partial charge is 0.311 e. The molecule has 0 aromatic carbocycles. The number of rotatable bonds is 2. The van der Waals surface area contributed by atoms with Crippen molar-refractivity contribution in [2.24, 2.45) is 5.41 Å². The lowest BCUT2D eigenvalue weighted by atomic mass is 9.94. The summed E-state index contributed by atoms with van der Waals surface area (Å²) in [6.07, 6.45) is 0. The molecule has 1 N–H and O–H groups in total. The van der Waals surface area contributed by atoms with Crippen LogP contribution in [0, 0.1) is 16.7 Å². The molecular weight excluding hydrogens is 136 g/mol. The standard InChI is InChI=1S/C9H18N2/c1-8(2,3)11-7-9(4,5)6-10/h11H,7H2,1-5H3. The number of nitrogens with zero attached hydrogens (tertiary/aromatic N) is 1. The number of nitrogens with one attached hydrogen (secondary N) is 1. The smallest absolute Gasteiger partial charge is 0.0697 e. The summed E-state index contributed by atoms with van der Waals surface area (Å²) in [5.41, 5.74) is -0.151. The van der Waals surface area contributed by atoms with Gasteiger partial charge in [0.25, 0.3) is 0 Å². The Bertz CT molecular complexity index is 157. The Morgan fingerprint density at radius 1 is 1.18 bits per heavy atom. The third-order valence-corrected chi connectivity index (χ3v) is 1.36. The van der Waals surface area contributed by atoms with Gasteiger partial charge in [0.2, 0.25) is 0 Å². The van der Waals surface area contributed by atoms with Gasteiger partial charge in [0, 0.05) is 12.1 Å². The van der Waals surface area contributed by atoms with Crippen LogP contribution in [0.2, 0.25) is 0 Å². The molecule has 0 spiro atoms. The minimum Gasteiger partial charge on any atom is -0.311 e. The molecule has 0 aliphatic carbocycles. The maximum Gasteiger partial charge on any atom is 0.0697 e. The zero-order valence-corrected chi connectivity index (χ0v) is 8.15. The maximum atomic E-state index is 8.70. The molecule has 0 aliphatic heterocycles. The zero-order valence-electron chi connectivity index (χ0n) is 8.15. The molecule has 2 heteroatoms. The minimum atomic E-state index is -0.257. The highest BCUT2D eigenvalue weighted by Crippen LogP contribution is 2.12. The second-order valence-corrected chi connectivity index (χ2v) is 4.60. The Labute approximate surface area is 69.6 Å². The molecule has 0 saturated heterocycles. The summed E-state index contributed by atoms with van der Waals surface area (Å²) >= 11 is 0. The summed E-state index contributed by atoms with van der Waals surface area (Å²) in [5, 5.41) is 12.0. The molecule has 0 aliphatic rings. The van der Waals surface area contributed by atoms with Crippen LogP contribution in [-0.4, -0.2) is 12.1 Å². The first-order valence-electron chi connectivity index (χ1n) is 3.93. The van der Waals surface area contributed by atoms with Gasteiger partial charge < -0.3 is 5.32 Å². The summed E-state index contributed by atoms with van der Waals surface area (Å²) in [6, 6.07) is 2.25. The van der Waals surface area contributed by atoms with Crippen molar-refractivity contribution >= 4 is 0 Å². The van der Waals surface area contributed by atoms with Crippen molar-refractivity contribution < 1.29 is 0 Å². The molecule has 64 valence electrons. The number of hydrogen-bond acceptors (Lipinski definition) is 2. The van der Waals surface area contributed by atoms with Gasteiger partial charge in [-0.15, -0.1) is 0 Å². The Kier molecular flexibility index (Phi) is 3.07. The molecule has 0 atom stereocenters. The first-order valence-corrected chi connectivity index (χ1v) is 3.93. The normalized spacial score (nSPS) is 12.7. The highest BCUT2D eigenvalue weighted by Gasteiger charge is 2.19. The lowest BCUT2D eigenvalue weighted by Crippen LogP contribution is -2.41.